The number of sulfonamides is 1. The van der Waals surface area contributed by atoms with Gasteiger partial charge in [-0.3, -0.25) is 4.79 Å². The van der Waals surface area contributed by atoms with E-state index in [0.717, 1.165) is 5.56 Å². The lowest BCUT2D eigenvalue weighted by atomic mass is 10.2. The molecule has 0 aromatic heterocycles. The van der Waals surface area contributed by atoms with Crippen LogP contribution in [0.4, 0.5) is 5.69 Å². The fourth-order valence-corrected chi connectivity index (χ4v) is 4.11. The number of nitrogens with one attached hydrogen (secondary N) is 1. The molecule has 28 heavy (non-hydrogen) atoms. The number of hydrogen-bond acceptors (Lipinski definition) is 5. The molecule has 0 aliphatic rings. The van der Waals surface area contributed by atoms with Crippen LogP contribution in [-0.2, 0) is 19.6 Å². The molecule has 0 unspecified atom stereocenters. The van der Waals surface area contributed by atoms with Gasteiger partial charge < -0.3 is 10.1 Å². The van der Waals surface area contributed by atoms with Crippen LogP contribution in [0.2, 0.25) is 0 Å². The molecule has 0 aliphatic carbocycles. The molecule has 2 aromatic rings. The molecule has 0 aliphatic heterocycles. The van der Waals surface area contributed by atoms with Crippen LogP contribution in [0.3, 0.4) is 0 Å². The number of hydrogen-bond donors (Lipinski definition) is 1. The number of ether oxygens (including phenoxy) is 1. The first kappa shape index (κ1) is 21.6. The molecule has 0 fully saturated rings. The number of esters is 1. The summed E-state index contributed by atoms with van der Waals surface area (Å²) in [6.45, 7) is 5.52. The predicted octanol–water partition coefficient (Wildman–Crippen LogP) is 2.82. The van der Waals surface area contributed by atoms with Gasteiger partial charge in [0, 0.05) is 18.8 Å². The van der Waals surface area contributed by atoms with Crippen LogP contribution in [0.1, 0.15) is 29.8 Å². The third-order valence-corrected chi connectivity index (χ3v) is 6.21. The topological polar surface area (TPSA) is 92.8 Å². The summed E-state index contributed by atoms with van der Waals surface area (Å²) in [6.07, 6.45) is 0. The number of carbonyl (C=O) groups excluding carboxylic acids is 2. The van der Waals surface area contributed by atoms with E-state index in [4.69, 9.17) is 4.74 Å². The molecule has 2 rings (SSSR count). The molecule has 0 spiro atoms. The van der Waals surface area contributed by atoms with Crippen LogP contribution in [0.5, 0.6) is 0 Å². The summed E-state index contributed by atoms with van der Waals surface area (Å²) in [5, 5.41) is 2.66. The van der Waals surface area contributed by atoms with E-state index in [1.807, 2.05) is 19.1 Å². The van der Waals surface area contributed by atoms with Gasteiger partial charge in [-0.1, -0.05) is 38.1 Å². The number of benzene rings is 2. The maximum atomic E-state index is 12.6. The van der Waals surface area contributed by atoms with Crippen LogP contribution < -0.4 is 5.32 Å². The van der Waals surface area contributed by atoms with E-state index in [0.29, 0.717) is 18.8 Å². The predicted molar refractivity (Wildman–Crippen MR) is 107 cm³/mol. The Labute approximate surface area is 165 Å². The Morgan fingerprint density at radius 1 is 1.04 bits per heavy atom. The Balaban J connectivity index is 2.05. The number of carbonyl (C=O) groups is 2. The Hall–Kier alpha value is -2.71. The van der Waals surface area contributed by atoms with Gasteiger partial charge in [0.15, 0.2) is 6.61 Å². The fraction of sp³-hybridized carbons (Fsp3) is 0.300. The standard InChI is InChI=1S/C20H24N2O5S/c1-4-22(5-2)28(25,26)17-11-8-10-16(13-17)20(24)27-14-19(23)21-18-12-7-6-9-15(18)3/h6-13H,4-5,14H2,1-3H3,(H,21,23). The lowest BCUT2D eigenvalue weighted by molar-refractivity contribution is -0.119. The minimum absolute atomic E-state index is 0.00927. The molecule has 0 heterocycles. The second-order valence-electron chi connectivity index (χ2n) is 6.06. The SMILES string of the molecule is CCN(CC)S(=O)(=O)c1cccc(C(=O)OCC(=O)Nc2ccccc2C)c1. The van der Waals surface area contributed by atoms with Crippen LogP contribution in [0.15, 0.2) is 53.4 Å². The summed E-state index contributed by atoms with van der Waals surface area (Å²) in [5.41, 5.74) is 1.59. The Bertz CT molecular complexity index is 953. The Kier molecular flexibility index (Phi) is 7.31. The normalized spacial score (nSPS) is 11.3. The van der Waals surface area contributed by atoms with E-state index in [9.17, 15) is 18.0 Å². The van der Waals surface area contributed by atoms with Crippen molar-refractivity contribution >= 4 is 27.6 Å². The number of para-hydroxylation sites is 1. The van der Waals surface area contributed by atoms with Gasteiger partial charge >= 0.3 is 5.97 Å². The highest BCUT2D eigenvalue weighted by atomic mass is 32.2. The first-order valence-electron chi connectivity index (χ1n) is 8.92. The molecular formula is C20H24N2O5S. The highest BCUT2D eigenvalue weighted by Crippen LogP contribution is 2.18. The van der Waals surface area contributed by atoms with Crippen molar-refractivity contribution in [1.29, 1.82) is 0 Å². The van der Waals surface area contributed by atoms with Crippen LogP contribution >= 0.6 is 0 Å². The summed E-state index contributed by atoms with van der Waals surface area (Å²) in [5.74, 6) is -1.24. The van der Waals surface area contributed by atoms with Gasteiger partial charge in [-0.25, -0.2) is 13.2 Å². The minimum Gasteiger partial charge on any atom is -0.452 e. The number of nitrogens with zero attached hydrogens (tertiary/aromatic N) is 1. The summed E-state index contributed by atoms with van der Waals surface area (Å²) >= 11 is 0. The number of aryl methyl sites for hydroxylation is 1. The summed E-state index contributed by atoms with van der Waals surface area (Å²) in [4.78, 5) is 24.3. The Morgan fingerprint density at radius 2 is 1.71 bits per heavy atom. The van der Waals surface area contributed by atoms with E-state index in [1.54, 1.807) is 26.0 Å². The number of anilines is 1. The zero-order valence-electron chi connectivity index (χ0n) is 16.1. The second kappa shape index (κ2) is 9.48. The fourth-order valence-electron chi connectivity index (χ4n) is 2.61. The second-order valence-corrected chi connectivity index (χ2v) is 7.99. The zero-order valence-corrected chi connectivity index (χ0v) is 17.0. The molecule has 0 saturated heterocycles. The minimum atomic E-state index is -3.69. The lowest BCUT2D eigenvalue weighted by Crippen LogP contribution is -2.30. The molecular weight excluding hydrogens is 380 g/mol. The van der Waals surface area contributed by atoms with E-state index >= 15 is 0 Å². The third-order valence-electron chi connectivity index (χ3n) is 4.17. The average molecular weight is 404 g/mol. The maximum absolute atomic E-state index is 12.6. The average Bonchev–Trinajstić information content (AvgIpc) is 2.68. The van der Waals surface area contributed by atoms with Crippen LogP contribution in [0.25, 0.3) is 0 Å². The van der Waals surface area contributed by atoms with E-state index in [2.05, 4.69) is 5.32 Å². The van der Waals surface area contributed by atoms with Crippen LogP contribution in [-0.4, -0.2) is 44.3 Å². The zero-order chi connectivity index (χ0) is 20.7. The largest absolute Gasteiger partial charge is 0.452 e. The maximum Gasteiger partial charge on any atom is 0.338 e. The molecule has 0 atom stereocenters. The van der Waals surface area contributed by atoms with Gasteiger partial charge in [0.1, 0.15) is 0 Å². The lowest BCUT2D eigenvalue weighted by Gasteiger charge is -2.18. The highest BCUT2D eigenvalue weighted by molar-refractivity contribution is 7.89. The number of rotatable bonds is 8. The van der Waals surface area contributed by atoms with Crippen molar-refractivity contribution in [3.8, 4) is 0 Å². The smallest absolute Gasteiger partial charge is 0.338 e. The van der Waals surface area contributed by atoms with Crippen molar-refractivity contribution < 1.29 is 22.7 Å². The van der Waals surface area contributed by atoms with Gasteiger partial charge in [0.2, 0.25) is 10.0 Å². The molecule has 0 radical (unpaired) electrons. The van der Waals surface area contributed by atoms with Crippen molar-refractivity contribution in [2.24, 2.45) is 0 Å². The quantitative estimate of drug-likeness (QED) is 0.683. The summed E-state index contributed by atoms with van der Waals surface area (Å²) in [7, 11) is -3.69. The highest BCUT2D eigenvalue weighted by Gasteiger charge is 2.23. The van der Waals surface area contributed by atoms with Crippen molar-refractivity contribution in [3.05, 3.63) is 59.7 Å². The molecule has 2 aromatic carbocycles. The number of amides is 1. The van der Waals surface area contributed by atoms with Crippen molar-refractivity contribution in [3.63, 3.8) is 0 Å². The molecule has 8 heteroatoms. The van der Waals surface area contributed by atoms with E-state index < -0.39 is 28.5 Å². The monoisotopic (exact) mass is 404 g/mol. The molecule has 150 valence electrons. The molecule has 1 amide bonds. The third kappa shape index (κ3) is 5.17. The van der Waals surface area contributed by atoms with Gasteiger partial charge in [-0.05, 0) is 36.8 Å². The molecule has 7 nitrogen and oxygen atoms in total. The van der Waals surface area contributed by atoms with Crippen molar-refractivity contribution in [2.75, 3.05) is 25.0 Å². The van der Waals surface area contributed by atoms with E-state index in [-0.39, 0.29) is 10.5 Å². The summed E-state index contributed by atoms with van der Waals surface area (Å²) < 4.78 is 31.5. The van der Waals surface area contributed by atoms with Gasteiger partial charge in [0.05, 0.1) is 10.5 Å². The Morgan fingerprint density at radius 3 is 2.36 bits per heavy atom. The van der Waals surface area contributed by atoms with E-state index in [1.165, 1.54) is 28.6 Å². The molecule has 0 saturated carbocycles. The van der Waals surface area contributed by atoms with Gasteiger partial charge in [-0.15, -0.1) is 0 Å². The van der Waals surface area contributed by atoms with Gasteiger partial charge in [0.25, 0.3) is 5.91 Å². The van der Waals surface area contributed by atoms with Crippen molar-refractivity contribution in [1.82, 2.24) is 4.31 Å². The first-order chi connectivity index (χ1) is 13.3. The molecule has 0 bridgehead atoms. The summed E-state index contributed by atoms with van der Waals surface area (Å²) in [6, 6.07) is 12.8. The van der Waals surface area contributed by atoms with Crippen molar-refractivity contribution in [2.45, 2.75) is 25.7 Å². The van der Waals surface area contributed by atoms with Crippen LogP contribution in [0, 0.1) is 6.92 Å². The first-order valence-corrected chi connectivity index (χ1v) is 10.4. The molecule has 1 N–H and O–H groups in total. The van der Waals surface area contributed by atoms with Gasteiger partial charge in [-0.2, -0.15) is 4.31 Å².